The molecule has 126 valence electrons. The standard InChI is InChI=1S/C17H24N2O3S/c1-3-4-5-14-6-8-15(9-7-14)10-18-19(11-16(20)21)17(22)13(2)12-23/h6-10,13,23H,3-5,11-12H2,1-2H3,(H,20,21)/b18-10+/t13-/m1/s1. The van der Waals surface area contributed by atoms with E-state index in [1.807, 2.05) is 24.3 Å². The highest BCUT2D eigenvalue weighted by molar-refractivity contribution is 7.80. The average molecular weight is 336 g/mol. The molecule has 1 aromatic carbocycles. The molecule has 0 saturated heterocycles. The quantitative estimate of drug-likeness (QED) is 0.414. The lowest BCUT2D eigenvalue weighted by Crippen LogP contribution is -2.35. The second kappa shape index (κ2) is 10.0. The molecule has 0 aliphatic heterocycles. The van der Waals surface area contributed by atoms with E-state index in [0.717, 1.165) is 29.8 Å². The fourth-order valence-electron chi connectivity index (χ4n) is 1.92. The predicted octanol–water partition coefficient (Wildman–Crippen LogP) is 2.84. The van der Waals surface area contributed by atoms with Crippen LogP contribution < -0.4 is 0 Å². The van der Waals surface area contributed by atoms with Gasteiger partial charge in [0.2, 0.25) is 5.91 Å². The molecule has 6 heteroatoms. The lowest BCUT2D eigenvalue weighted by Gasteiger charge is -2.18. The van der Waals surface area contributed by atoms with Crippen LogP contribution in [0.4, 0.5) is 0 Å². The van der Waals surface area contributed by atoms with Crippen molar-refractivity contribution in [2.75, 3.05) is 12.3 Å². The molecule has 0 aromatic heterocycles. The number of carboxylic acids is 1. The number of unbranched alkanes of at least 4 members (excludes halogenated alkanes) is 1. The van der Waals surface area contributed by atoms with Gasteiger partial charge in [-0.05, 0) is 24.0 Å². The smallest absolute Gasteiger partial charge is 0.325 e. The van der Waals surface area contributed by atoms with Crippen molar-refractivity contribution in [2.24, 2.45) is 11.0 Å². The minimum atomic E-state index is -1.10. The number of rotatable bonds is 9. The van der Waals surface area contributed by atoms with Crippen molar-refractivity contribution >= 4 is 30.7 Å². The molecule has 0 fully saturated rings. The maximum Gasteiger partial charge on any atom is 0.325 e. The Kier molecular flexibility index (Phi) is 8.40. The fraction of sp³-hybridized carbons (Fsp3) is 0.471. The highest BCUT2D eigenvalue weighted by atomic mass is 32.1. The summed E-state index contributed by atoms with van der Waals surface area (Å²) < 4.78 is 0. The maximum atomic E-state index is 12.1. The van der Waals surface area contributed by atoms with Gasteiger partial charge in [0, 0.05) is 11.7 Å². The summed E-state index contributed by atoms with van der Waals surface area (Å²) in [5.41, 5.74) is 2.08. The molecule has 0 aliphatic carbocycles. The van der Waals surface area contributed by atoms with Gasteiger partial charge in [-0.1, -0.05) is 44.5 Å². The summed E-state index contributed by atoms with van der Waals surface area (Å²) in [6.45, 7) is 3.39. The summed E-state index contributed by atoms with van der Waals surface area (Å²) >= 11 is 4.07. The van der Waals surface area contributed by atoms with Crippen molar-refractivity contribution in [3.63, 3.8) is 0 Å². The van der Waals surface area contributed by atoms with E-state index in [2.05, 4.69) is 24.7 Å². The summed E-state index contributed by atoms with van der Waals surface area (Å²) in [5, 5.41) is 13.9. The van der Waals surface area contributed by atoms with Gasteiger partial charge in [0.1, 0.15) is 6.54 Å². The van der Waals surface area contributed by atoms with Crippen molar-refractivity contribution in [3.05, 3.63) is 35.4 Å². The van der Waals surface area contributed by atoms with Crippen LogP contribution in [0, 0.1) is 5.92 Å². The number of hydrogen-bond acceptors (Lipinski definition) is 4. The SMILES string of the molecule is CCCCc1ccc(/C=N/N(CC(=O)O)C(=O)[C@H](C)CS)cc1. The Hall–Kier alpha value is -1.82. The normalized spacial score (nSPS) is 12.3. The molecular formula is C17H24N2O3S. The average Bonchev–Trinajstić information content (AvgIpc) is 2.55. The molecule has 0 spiro atoms. The molecular weight excluding hydrogens is 312 g/mol. The highest BCUT2D eigenvalue weighted by Gasteiger charge is 2.20. The first-order valence-electron chi connectivity index (χ1n) is 7.74. The van der Waals surface area contributed by atoms with Crippen LogP contribution in [0.3, 0.4) is 0 Å². The summed E-state index contributed by atoms with van der Waals surface area (Å²) in [6.07, 6.45) is 4.85. The monoisotopic (exact) mass is 336 g/mol. The highest BCUT2D eigenvalue weighted by Crippen LogP contribution is 2.08. The van der Waals surface area contributed by atoms with E-state index >= 15 is 0 Å². The molecule has 0 unspecified atom stereocenters. The van der Waals surface area contributed by atoms with Crippen LogP contribution in [-0.2, 0) is 16.0 Å². The van der Waals surface area contributed by atoms with Gasteiger partial charge >= 0.3 is 5.97 Å². The van der Waals surface area contributed by atoms with E-state index in [-0.39, 0.29) is 11.8 Å². The zero-order chi connectivity index (χ0) is 17.2. The van der Waals surface area contributed by atoms with Crippen LogP contribution >= 0.6 is 12.6 Å². The van der Waals surface area contributed by atoms with E-state index in [4.69, 9.17) is 5.11 Å². The molecule has 23 heavy (non-hydrogen) atoms. The van der Waals surface area contributed by atoms with Gasteiger partial charge in [0.15, 0.2) is 0 Å². The second-order valence-electron chi connectivity index (χ2n) is 5.46. The van der Waals surface area contributed by atoms with Gasteiger partial charge in [0.25, 0.3) is 0 Å². The van der Waals surface area contributed by atoms with Gasteiger partial charge in [-0.2, -0.15) is 17.7 Å². The number of thiol groups is 1. The first-order chi connectivity index (χ1) is 11.0. The minimum Gasteiger partial charge on any atom is -0.480 e. The molecule has 1 aromatic rings. The Morgan fingerprint density at radius 3 is 2.52 bits per heavy atom. The molecule has 0 heterocycles. The third kappa shape index (κ3) is 6.86. The van der Waals surface area contributed by atoms with E-state index in [0.29, 0.717) is 5.75 Å². The number of hydrazone groups is 1. The largest absolute Gasteiger partial charge is 0.480 e. The Morgan fingerprint density at radius 1 is 1.35 bits per heavy atom. The minimum absolute atomic E-state index is 0.344. The molecule has 1 amide bonds. The molecule has 0 saturated carbocycles. The summed E-state index contributed by atoms with van der Waals surface area (Å²) in [6, 6.07) is 7.88. The zero-order valence-electron chi connectivity index (χ0n) is 13.6. The van der Waals surface area contributed by atoms with Crippen molar-refractivity contribution in [3.8, 4) is 0 Å². The summed E-state index contributed by atoms with van der Waals surface area (Å²) in [7, 11) is 0. The first kappa shape index (κ1) is 19.2. The van der Waals surface area contributed by atoms with E-state index < -0.39 is 12.5 Å². The molecule has 1 rings (SSSR count). The lowest BCUT2D eigenvalue weighted by atomic mass is 10.1. The van der Waals surface area contributed by atoms with E-state index in [1.54, 1.807) is 6.92 Å². The Balaban J connectivity index is 2.79. The number of aryl methyl sites for hydroxylation is 1. The fourth-order valence-corrected chi connectivity index (χ4v) is 2.08. The van der Waals surface area contributed by atoms with Crippen LogP contribution in [0.2, 0.25) is 0 Å². The second-order valence-corrected chi connectivity index (χ2v) is 5.83. The molecule has 0 bridgehead atoms. The summed E-state index contributed by atoms with van der Waals surface area (Å²) in [5.74, 6) is -1.49. The molecule has 5 nitrogen and oxygen atoms in total. The molecule has 1 atom stereocenters. The molecule has 0 aliphatic rings. The molecule has 1 N–H and O–H groups in total. The lowest BCUT2D eigenvalue weighted by molar-refractivity contribution is -0.145. The number of carbonyl (C=O) groups is 2. The van der Waals surface area contributed by atoms with Gasteiger partial charge in [0.05, 0.1) is 6.21 Å². The zero-order valence-corrected chi connectivity index (χ0v) is 14.5. The van der Waals surface area contributed by atoms with Gasteiger partial charge in [-0.15, -0.1) is 0 Å². The Labute approximate surface area is 142 Å². The van der Waals surface area contributed by atoms with Crippen LogP contribution in [0.25, 0.3) is 0 Å². The van der Waals surface area contributed by atoms with Crippen LogP contribution in [0.5, 0.6) is 0 Å². The number of hydrogen-bond donors (Lipinski definition) is 2. The van der Waals surface area contributed by atoms with Gasteiger partial charge in [-0.25, -0.2) is 5.01 Å². The third-order valence-corrected chi connectivity index (χ3v) is 3.93. The Morgan fingerprint density at radius 2 is 2.00 bits per heavy atom. The molecule has 0 radical (unpaired) electrons. The van der Waals surface area contributed by atoms with Gasteiger partial charge in [-0.3, -0.25) is 9.59 Å². The number of benzene rings is 1. The topological polar surface area (TPSA) is 70.0 Å². The van der Waals surface area contributed by atoms with Crippen LogP contribution in [-0.4, -0.2) is 40.5 Å². The number of aliphatic carboxylic acids is 1. The van der Waals surface area contributed by atoms with Crippen molar-refractivity contribution in [2.45, 2.75) is 33.1 Å². The van der Waals surface area contributed by atoms with E-state index in [9.17, 15) is 9.59 Å². The Bertz CT molecular complexity index is 543. The van der Waals surface area contributed by atoms with Crippen molar-refractivity contribution < 1.29 is 14.7 Å². The predicted molar refractivity (Wildman–Crippen MR) is 95.0 cm³/mol. The van der Waals surface area contributed by atoms with Crippen molar-refractivity contribution in [1.29, 1.82) is 0 Å². The van der Waals surface area contributed by atoms with E-state index in [1.165, 1.54) is 11.8 Å². The van der Waals surface area contributed by atoms with Gasteiger partial charge < -0.3 is 5.11 Å². The van der Waals surface area contributed by atoms with Crippen LogP contribution in [0.15, 0.2) is 29.4 Å². The maximum absolute atomic E-state index is 12.1. The summed E-state index contributed by atoms with van der Waals surface area (Å²) in [4.78, 5) is 23.0. The number of amides is 1. The van der Waals surface area contributed by atoms with Crippen molar-refractivity contribution in [1.82, 2.24) is 5.01 Å². The third-order valence-electron chi connectivity index (χ3n) is 3.38. The first-order valence-corrected chi connectivity index (χ1v) is 8.38. The number of carbonyl (C=O) groups excluding carboxylic acids is 1. The van der Waals surface area contributed by atoms with Crippen LogP contribution in [0.1, 0.15) is 37.8 Å². The number of carboxylic acid groups (broad SMARTS) is 1. The number of nitrogens with zero attached hydrogens (tertiary/aromatic N) is 2.